The third-order valence-electron chi connectivity index (χ3n) is 6.34. The molecule has 1 amide bonds. The maximum absolute atomic E-state index is 14.6. The molecule has 2 fully saturated rings. The van der Waals surface area contributed by atoms with Crippen molar-refractivity contribution in [3.8, 4) is 6.07 Å². The molecule has 37 heavy (non-hydrogen) atoms. The first-order valence-corrected chi connectivity index (χ1v) is 12.7. The molecule has 0 aliphatic carbocycles. The Kier molecular flexibility index (Phi) is 8.56. The number of carbonyl (C=O) groups excluding carboxylic acids is 1. The van der Waals surface area contributed by atoms with Crippen LogP contribution < -0.4 is 5.32 Å². The Morgan fingerprint density at radius 1 is 1.14 bits per heavy atom. The molecule has 2 saturated heterocycles. The number of hydrogen-bond donors (Lipinski definition) is 2. The van der Waals surface area contributed by atoms with Crippen molar-refractivity contribution >= 4 is 16.0 Å². The zero-order valence-electron chi connectivity index (χ0n) is 19.6. The maximum Gasteiger partial charge on any atom is 0.294 e. The van der Waals surface area contributed by atoms with E-state index in [4.69, 9.17) is 9.81 Å². The largest absolute Gasteiger partial charge is 0.325 e. The molecule has 4 rings (SSSR count). The summed E-state index contributed by atoms with van der Waals surface area (Å²) in [5.74, 6) is -11.1. The van der Waals surface area contributed by atoms with Crippen molar-refractivity contribution in [2.24, 2.45) is 5.92 Å². The highest BCUT2D eigenvalue weighted by Crippen LogP contribution is 2.42. The topological polar surface area (TPSA) is 110 Å². The molecule has 0 saturated carbocycles. The van der Waals surface area contributed by atoms with Gasteiger partial charge in [0.2, 0.25) is 5.91 Å². The van der Waals surface area contributed by atoms with Crippen LogP contribution in [0.25, 0.3) is 0 Å². The second kappa shape index (κ2) is 11.1. The third-order valence-corrected chi connectivity index (χ3v) is 7.21. The van der Waals surface area contributed by atoms with Crippen LogP contribution in [0, 0.1) is 41.6 Å². The highest BCUT2D eigenvalue weighted by atomic mass is 32.2. The average molecular weight is 546 g/mol. The Balaban J connectivity index is 0.000000289. The summed E-state index contributed by atoms with van der Waals surface area (Å²) in [6.45, 7) is 1.94. The van der Waals surface area contributed by atoms with E-state index in [9.17, 15) is 35.2 Å². The van der Waals surface area contributed by atoms with Crippen molar-refractivity contribution in [1.82, 2.24) is 10.2 Å². The van der Waals surface area contributed by atoms with Crippen LogP contribution in [0.2, 0.25) is 0 Å². The second-order valence-electron chi connectivity index (χ2n) is 8.85. The first-order chi connectivity index (χ1) is 17.3. The summed E-state index contributed by atoms with van der Waals surface area (Å²) in [5, 5.41) is 11.7. The van der Waals surface area contributed by atoms with Gasteiger partial charge in [0.25, 0.3) is 16.0 Å². The van der Waals surface area contributed by atoms with Gasteiger partial charge in [0.05, 0.1) is 22.6 Å². The molecule has 2 N–H and O–H groups in total. The van der Waals surface area contributed by atoms with Crippen LogP contribution in [0.1, 0.15) is 30.4 Å². The molecule has 13 heteroatoms. The normalized spacial score (nSPS) is 21.8. The van der Waals surface area contributed by atoms with E-state index in [1.54, 1.807) is 12.1 Å². The van der Waals surface area contributed by atoms with Crippen LogP contribution in [0.4, 0.5) is 22.0 Å². The molecule has 0 unspecified atom stereocenters. The predicted molar refractivity (Wildman–Crippen MR) is 121 cm³/mol. The van der Waals surface area contributed by atoms with Gasteiger partial charge < -0.3 is 10.2 Å². The van der Waals surface area contributed by atoms with Crippen LogP contribution in [-0.2, 0) is 20.8 Å². The van der Waals surface area contributed by atoms with Crippen molar-refractivity contribution in [3.63, 3.8) is 0 Å². The van der Waals surface area contributed by atoms with E-state index in [2.05, 4.69) is 5.32 Å². The molecule has 2 aromatic carbocycles. The molecular weight excluding hydrogens is 521 g/mol. The van der Waals surface area contributed by atoms with Gasteiger partial charge in [-0.2, -0.15) is 13.7 Å². The first-order valence-electron chi connectivity index (χ1n) is 11.3. The standard InChI is InChI=1S/C17H16F5N3O.C7H8O3S/c18-12-4-3-11(14(19)15(12)20)17(21,22)9-6-13(24-8-9)16(26)25-5-1-2-10(25)7-23;1-6-2-4-7(5-3-6)11(8,9)10/h3-4,9-10,13,24H,1-2,5-6,8H2;2-5H,1H3,(H,8,9,10)/t9-,10-,13-;/m0./s1. The number of nitrogens with zero attached hydrogens (tertiary/aromatic N) is 2. The third kappa shape index (κ3) is 6.26. The molecule has 7 nitrogen and oxygen atoms in total. The van der Waals surface area contributed by atoms with E-state index in [1.807, 2.05) is 13.0 Å². The minimum atomic E-state index is -4.02. The number of halogens is 5. The molecule has 2 heterocycles. The number of alkyl halides is 2. The molecular formula is C24H24F5N3O4S. The molecule has 0 radical (unpaired) electrons. The van der Waals surface area contributed by atoms with E-state index >= 15 is 0 Å². The van der Waals surface area contributed by atoms with Gasteiger partial charge in [0.1, 0.15) is 6.04 Å². The number of nitriles is 1. The minimum Gasteiger partial charge on any atom is -0.325 e. The van der Waals surface area contributed by atoms with Crippen LogP contribution >= 0.6 is 0 Å². The smallest absolute Gasteiger partial charge is 0.294 e. The molecule has 200 valence electrons. The number of likely N-dealkylation sites (tertiary alicyclic amines) is 1. The lowest BCUT2D eigenvalue weighted by atomic mass is 9.91. The molecule has 0 aromatic heterocycles. The van der Waals surface area contributed by atoms with Crippen molar-refractivity contribution in [3.05, 3.63) is 65.0 Å². The summed E-state index contributed by atoms with van der Waals surface area (Å²) < 4.78 is 98.9. The Morgan fingerprint density at radius 2 is 1.78 bits per heavy atom. The van der Waals surface area contributed by atoms with Crippen LogP contribution in [-0.4, -0.2) is 49.0 Å². The lowest BCUT2D eigenvalue weighted by molar-refractivity contribution is -0.133. The van der Waals surface area contributed by atoms with Gasteiger partial charge in [-0.3, -0.25) is 9.35 Å². The number of benzene rings is 2. The van der Waals surface area contributed by atoms with Crippen LogP contribution in [0.5, 0.6) is 0 Å². The summed E-state index contributed by atoms with van der Waals surface area (Å²) in [4.78, 5) is 13.8. The first kappa shape index (κ1) is 28.5. The monoisotopic (exact) mass is 545 g/mol. The number of rotatable bonds is 4. The fourth-order valence-electron chi connectivity index (χ4n) is 4.28. The molecule has 2 aromatic rings. The average Bonchev–Trinajstić information content (AvgIpc) is 3.52. The SMILES string of the molecule is Cc1ccc(S(=O)(=O)O)cc1.N#C[C@@H]1CCCN1C(=O)[C@@H]1C[C@H](C(F)(F)c2ccc(F)c(F)c2F)CN1. The highest BCUT2D eigenvalue weighted by molar-refractivity contribution is 7.85. The van der Waals surface area contributed by atoms with Crippen molar-refractivity contribution in [2.75, 3.05) is 13.1 Å². The molecule has 2 aliphatic rings. The number of amides is 1. The fraction of sp³-hybridized carbons (Fsp3) is 0.417. The summed E-state index contributed by atoms with van der Waals surface area (Å²) in [6, 6.07) is 7.47. The number of carbonyl (C=O) groups is 1. The predicted octanol–water partition coefficient (Wildman–Crippen LogP) is 3.93. The number of aryl methyl sites for hydroxylation is 1. The number of nitrogens with one attached hydrogen (secondary N) is 1. The van der Waals surface area contributed by atoms with Gasteiger partial charge in [-0.1, -0.05) is 17.7 Å². The zero-order chi connectivity index (χ0) is 27.5. The molecule has 0 bridgehead atoms. The molecule has 2 aliphatic heterocycles. The lowest BCUT2D eigenvalue weighted by Crippen LogP contribution is -2.45. The van der Waals surface area contributed by atoms with Crippen molar-refractivity contribution in [2.45, 2.75) is 49.1 Å². The zero-order valence-corrected chi connectivity index (χ0v) is 20.4. The van der Waals surface area contributed by atoms with E-state index in [-0.39, 0.29) is 17.9 Å². The molecule has 3 atom stereocenters. The Labute approximate surface area is 210 Å². The van der Waals surface area contributed by atoms with E-state index in [0.29, 0.717) is 31.5 Å². The maximum atomic E-state index is 14.6. The van der Waals surface area contributed by atoms with Crippen molar-refractivity contribution in [1.29, 1.82) is 5.26 Å². The summed E-state index contributed by atoms with van der Waals surface area (Å²) in [7, 11) is -4.02. The summed E-state index contributed by atoms with van der Waals surface area (Å²) in [5.41, 5.74) is -0.273. The van der Waals surface area contributed by atoms with Gasteiger partial charge in [0, 0.05) is 19.0 Å². The van der Waals surface area contributed by atoms with Gasteiger partial charge in [0.15, 0.2) is 17.5 Å². The highest BCUT2D eigenvalue weighted by Gasteiger charge is 2.49. The van der Waals surface area contributed by atoms with Crippen LogP contribution in [0.3, 0.4) is 0 Å². The quantitative estimate of drug-likeness (QED) is 0.342. The lowest BCUT2D eigenvalue weighted by Gasteiger charge is -2.25. The van der Waals surface area contributed by atoms with Gasteiger partial charge >= 0.3 is 0 Å². The van der Waals surface area contributed by atoms with E-state index in [1.165, 1.54) is 17.0 Å². The Bertz CT molecular complexity index is 1300. The van der Waals surface area contributed by atoms with E-state index < -0.39 is 63.0 Å². The molecule has 0 spiro atoms. The number of hydrogen-bond acceptors (Lipinski definition) is 5. The van der Waals surface area contributed by atoms with E-state index in [0.717, 1.165) is 5.56 Å². The Hall–Kier alpha value is -3.08. The summed E-state index contributed by atoms with van der Waals surface area (Å²) in [6.07, 6.45) is 0.907. The van der Waals surface area contributed by atoms with Gasteiger partial charge in [-0.05, 0) is 50.5 Å². The van der Waals surface area contributed by atoms with Crippen LogP contribution in [0.15, 0.2) is 41.3 Å². The second-order valence-corrected chi connectivity index (χ2v) is 10.3. The van der Waals surface area contributed by atoms with Crippen molar-refractivity contribution < 1.29 is 39.7 Å². The van der Waals surface area contributed by atoms with Gasteiger partial charge in [-0.25, -0.2) is 22.0 Å². The summed E-state index contributed by atoms with van der Waals surface area (Å²) >= 11 is 0. The Morgan fingerprint density at radius 3 is 2.38 bits per heavy atom. The minimum absolute atomic E-state index is 0.0666. The fourth-order valence-corrected chi connectivity index (χ4v) is 4.76. The van der Waals surface area contributed by atoms with Gasteiger partial charge in [-0.15, -0.1) is 0 Å².